The van der Waals surface area contributed by atoms with E-state index in [1.54, 1.807) is 0 Å². The number of hydrogen-bond acceptors (Lipinski definition) is 3. The molecule has 0 aliphatic carbocycles. The number of ether oxygens (including phenoxy) is 1. The van der Waals surface area contributed by atoms with E-state index in [2.05, 4.69) is 19.2 Å². The Morgan fingerprint density at radius 1 is 1.33 bits per heavy atom. The van der Waals surface area contributed by atoms with Crippen LogP contribution in [0, 0.1) is 0 Å². The van der Waals surface area contributed by atoms with Gasteiger partial charge in [0.1, 0.15) is 0 Å². The van der Waals surface area contributed by atoms with Gasteiger partial charge in [-0.2, -0.15) is 11.8 Å². The predicted molar refractivity (Wildman–Crippen MR) is 57.0 cm³/mol. The van der Waals surface area contributed by atoms with Gasteiger partial charge in [-0.05, 0) is 6.92 Å². The molecule has 12 heavy (non-hydrogen) atoms. The Labute approximate surface area is 80.4 Å². The highest BCUT2D eigenvalue weighted by Gasteiger charge is 1.92. The van der Waals surface area contributed by atoms with Gasteiger partial charge in [-0.3, -0.25) is 0 Å². The van der Waals surface area contributed by atoms with Crippen molar-refractivity contribution in [2.75, 3.05) is 31.3 Å². The summed E-state index contributed by atoms with van der Waals surface area (Å²) >= 11 is 1.95. The smallest absolute Gasteiger partial charge is 0.0556 e. The summed E-state index contributed by atoms with van der Waals surface area (Å²) in [5.74, 6) is 2.30. The van der Waals surface area contributed by atoms with Gasteiger partial charge >= 0.3 is 0 Å². The van der Waals surface area contributed by atoms with Crippen molar-refractivity contribution in [2.45, 2.75) is 26.8 Å². The Balaban J connectivity index is 2.82. The Morgan fingerprint density at radius 3 is 2.67 bits per heavy atom. The summed E-state index contributed by atoms with van der Waals surface area (Å²) in [6.07, 6.45) is 0. The molecule has 0 radical (unpaired) electrons. The third kappa shape index (κ3) is 10.3. The Hall–Kier alpha value is 0.270. The summed E-state index contributed by atoms with van der Waals surface area (Å²) in [6, 6.07) is 0.609. The summed E-state index contributed by atoms with van der Waals surface area (Å²) in [5.41, 5.74) is 0. The van der Waals surface area contributed by atoms with E-state index >= 15 is 0 Å². The fourth-order valence-corrected chi connectivity index (χ4v) is 1.49. The lowest BCUT2D eigenvalue weighted by molar-refractivity contribution is 0.164. The molecule has 0 aliphatic heterocycles. The van der Waals surface area contributed by atoms with Gasteiger partial charge in [-0.15, -0.1) is 0 Å². The van der Waals surface area contributed by atoms with Crippen LogP contribution in [-0.4, -0.2) is 37.3 Å². The molecule has 0 saturated heterocycles. The van der Waals surface area contributed by atoms with E-state index in [1.807, 2.05) is 18.7 Å². The van der Waals surface area contributed by atoms with E-state index in [4.69, 9.17) is 4.74 Å². The molecule has 0 saturated carbocycles. The Kier molecular flexibility index (Phi) is 9.57. The summed E-state index contributed by atoms with van der Waals surface area (Å²) < 4.78 is 5.22. The second kappa shape index (κ2) is 9.36. The molecule has 0 fully saturated rings. The average molecular weight is 191 g/mol. The molecule has 0 rings (SSSR count). The highest BCUT2D eigenvalue weighted by molar-refractivity contribution is 7.99. The maximum absolute atomic E-state index is 5.22. The SMILES string of the molecule is CCOCCSCCNC(C)C. The zero-order valence-corrected chi connectivity index (χ0v) is 9.25. The number of thioether (sulfide) groups is 1. The summed E-state index contributed by atoms with van der Waals surface area (Å²) in [6.45, 7) is 9.21. The molecule has 0 aromatic carbocycles. The van der Waals surface area contributed by atoms with Crippen molar-refractivity contribution in [3.05, 3.63) is 0 Å². The molecule has 74 valence electrons. The van der Waals surface area contributed by atoms with Crippen LogP contribution < -0.4 is 5.32 Å². The van der Waals surface area contributed by atoms with E-state index < -0.39 is 0 Å². The van der Waals surface area contributed by atoms with Gasteiger partial charge < -0.3 is 10.1 Å². The van der Waals surface area contributed by atoms with Crippen molar-refractivity contribution < 1.29 is 4.74 Å². The van der Waals surface area contributed by atoms with E-state index in [0.29, 0.717) is 6.04 Å². The van der Waals surface area contributed by atoms with Crippen LogP contribution in [0.3, 0.4) is 0 Å². The Bertz CT molecular complexity index is 88.6. The molecule has 0 spiro atoms. The van der Waals surface area contributed by atoms with Gasteiger partial charge in [0.15, 0.2) is 0 Å². The van der Waals surface area contributed by atoms with Crippen molar-refractivity contribution in [3.8, 4) is 0 Å². The normalized spacial score (nSPS) is 11.0. The fourth-order valence-electron chi connectivity index (χ4n) is 0.784. The highest BCUT2D eigenvalue weighted by atomic mass is 32.2. The van der Waals surface area contributed by atoms with Crippen molar-refractivity contribution in [3.63, 3.8) is 0 Å². The standard InChI is InChI=1S/C9H21NOS/c1-4-11-6-8-12-7-5-10-9(2)3/h9-10H,4-8H2,1-3H3. The van der Waals surface area contributed by atoms with Gasteiger partial charge in [-0.1, -0.05) is 13.8 Å². The molecule has 1 N–H and O–H groups in total. The van der Waals surface area contributed by atoms with Crippen LogP contribution in [0.2, 0.25) is 0 Å². The minimum atomic E-state index is 0.609. The maximum atomic E-state index is 5.22. The van der Waals surface area contributed by atoms with Crippen molar-refractivity contribution in [1.82, 2.24) is 5.32 Å². The zero-order chi connectivity index (χ0) is 9.23. The lowest BCUT2D eigenvalue weighted by atomic mass is 10.4. The van der Waals surface area contributed by atoms with Gasteiger partial charge in [-0.25, -0.2) is 0 Å². The third-order valence-electron chi connectivity index (χ3n) is 1.38. The molecule has 0 aromatic rings. The molecular formula is C9H21NOS. The monoisotopic (exact) mass is 191 g/mol. The van der Waals surface area contributed by atoms with Gasteiger partial charge in [0.2, 0.25) is 0 Å². The van der Waals surface area contributed by atoms with Crippen LogP contribution in [-0.2, 0) is 4.74 Å². The quantitative estimate of drug-likeness (QED) is 0.591. The first-order chi connectivity index (χ1) is 5.77. The molecule has 0 aromatic heterocycles. The number of rotatable bonds is 8. The second-order valence-electron chi connectivity index (χ2n) is 2.92. The van der Waals surface area contributed by atoms with Crippen LogP contribution >= 0.6 is 11.8 Å². The predicted octanol–water partition coefficient (Wildman–Crippen LogP) is 1.75. The van der Waals surface area contributed by atoms with Crippen LogP contribution in [0.25, 0.3) is 0 Å². The van der Waals surface area contributed by atoms with Crippen molar-refractivity contribution in [2.24, 2.45) is 0 Å². The van der Waals surface area contributed by atoms with Crippen LogP contribution in [0.4, 0.5) is 0 Å². The molecule has 0 heterocycles. The third-order valence-corrected chi connectivity index (χ3v) is 2.32. The van der Waals surface area contributed by atoms with Crippen LogP contribution in [0.1, 0.15) is 20.8 Å². The zero-order valence-electron chi connectivity index (χ0n) is 8.43. The minimum absolute atomic E-state index is 0.609. The largest absolute Gasteiger partial charge is 0.381 e. The second-order valence-corrected chi connectivity index (χ2v) is 4.14. The first-order valence-electron chi connectivity index (χ1n) is 4.66. The Morgan fingerprint density at radius 2 is 2.08 bits per heavy atom. The molecule has 0 aliphatic rings. The topological polar surface area (TPSA) is 21.3 Å². The van der Waals surface area contributed by atoms with Gasteiger partial charge in [0.05, 0.1) is 6.61 Å². The molecule has 0 bridgehead atoms. The van der Waals surface area contributed by atoms with Crippen molar-refractivity contribution >= 4 is 11.8 Å². The molecule has 0 atom stereocenters. The number of nitrogens with one attached hydrogen (secondary N) is 1. The summed E-state index contributed by atoms with van der Waals surface area (Å²) in [4.78, 5) is 0. The van der Waals surface area contributed by atoms with Crippen LogP contribution in [0.5, 0.6) is 0 Å². The van der Waals surface area contributed by atoms with E-state index in [-0.39, 0.29) is 0 Å². The van der Waals surface area contributed by atoms with Gasteiger partial charge in [0.25, 0.3) is 0 Å². The van der Waals surface area contributed by atoms with E-state index in [9.17, 15) is 0 Å². The molecule has 3 heteroatoms. The lowest BCUT2D eigenvalue weighted by Gasteiger charge is -2.07. The van der Waals surface area contributed by atoms with E-state index in [1.165, 1.54) is 5.75 Å². The summed E-state index contributed by atoms with van der Waals surface area (Å²) in [7, 11) is 0. The van der Waals surface area contributed by atoms with E-state index in [0.717, 1.165) is 25.5 Å². The maximum Gasteiger partial charge on any atom is 0.0556 e. The molecular weight excluding hydrogens is 170 g/mol. The van der Waals surface area contributed by atoms with Crippen LogP contribution in [0.15, 0.2) is 0 Å². The van der Waals surface area contributed by atoms with Crippen molar-refractivity contribution in [1.29, 1.82) is 0 Å². The molecule has 0 unspecified atom stereocenters. The minimum Gasteiger partial charge on any atom is -0.381 e. The van der Waals surface area contributed by atoms with Gasteiger partial charge in [0, 0.05) is 30.7 Å². The average Bonchev–Trinajstić information content (AvgIpc) is 2.02. The first-order valence-corrected chi connectivity index (χ1v) is 5.81. The highest BCUT2D eigenvalue weighted by Crippen LogP contribution is 1.97. The fraction of sp³-hybridized carbons (Fsp3) is 1.00. The summed E-state index contributed by atoms with van der Waals surface area (Å²) in [5, 5.41) is 3.37. The first kappa shape index (κ1) is 12.3. The number of hydrogen-bond donors (Lipinski definition) is 1. The lowest BCUT2D eigenvalue weighted by Crippen LogP contribution is -2.25. The molecule has 2 nitrogen and oxygen atoms in total. The molecule has 0 amide bonds.